The van der Waals surface area contributed by atoms with Gasteiger partial charge in [0.15, 0.2) is 0 Å². The van der Waals surface area contributed by atoms with Crippen LogP contribution in [0, 0.1) is 0 Å². The van der Waals surface area contributed by atoms with Gasteiger partial charge in [-0.2, -0.15) is 13.2 Å². The van der Waals surface area contributed by atoms with Gasteiger partial charge in [-0.15, -0.1) is 0 Å². The van der Waals surface area contributed by atoms with Crippen LogP contribution in [0.2, 0.25) is 0 Å². The number of hydrogen-bond donors (Lipinski definition) is 2. The summed E-state index contributed by atoms with van der Waals surface area (Å²) in [6.07, 6.45) is -4.62. The maximum atomic E-state index is 12.7. The van der Waals surface area contributed by atoms with Crippen molar-refractivity contribution in [3.05, 3.63) is 70.8 Å². The largest absolute Gasteiger partial charge is 0.416 e. The van der Waals surface area contributed by atoms with Gasteiger partial charge in [0, 0.05) is 12.6 Å². The summed E-state index contributed by atoms with van der Waals surface area (Å²) in [6.45, 7) is 3.67. The molecule has 0 radical (unpaired) electrons. The SMILES string of the molecule is CC(C)NS(=O)(=O)Cc1ccc(CNC(=O)Cc2cccc(C(F)(F)F)c2)cc1. The van der Waals surface area contributed by atoms with Crippen LogP contribution in [0.25, 0.3) is 0 Å². The highest BCUT2D eigenvalue weighted by molar-refractivity contribution is 7.88. The Bertz CT molecular complexity index is 940. The Kier molecular flexibility index (Phi) is 7.43. The topological polar surface area (TPSA) is 75.3 Å². The van der Waals surface area contributed by atoms with Gasteiger partial charge in [0.25, 0.3) is 0 Å². The predicted molar refractivity (Wildman–Crippen MR) is 104 cm³/mol. The molecule has 0 aromatic heterocycles. The molecule has 0 unspecified atom stereocenters. The van der Waals surface area contributed by atoms with E-state index in [2.05, 4.69) is 10.0 Å². The summed E-state index contributed by atoms with van der Waals surface area (Å²) in [5.74, 6) is -0.551. The van der Waals surface area contributed by atoms with E-state index in [4.69, 9.17) is 0 Å². The molecule has 2 aromatic carbocycles. The van der Waals surface area contributed by atoms with Crippen molar-refractivity contribution in [3.63, 3.8) is 0 Å². The number of rotatable bonds is 8. The van der Waals surface area contributed by atoms with Crippen molar-refractivity contribution in [1.29, 1.82) is 0 Å². The quantitative estimate of drug-likeness (QED) is 0.677. The van der Waals surface area contributed by atoms with Crippen LogP contribution in [-0.4, -0.2) is 20.4 Å². The Morgan fingerprint density at radius 3 is 2.21 bits per heavy atom. The predicted octanol–water partition coefficient (Wildman–Crippen LogP) is 3.39. The van der Waals surface area contributed by atoms with Gasteiger partial charge in [0.1, 0.15) is 0 Å². The van der Waals surface area contributed by atoms with Crippen molar-refractivity contribution in [1.82, 2.24) is 10.0 Å². The smallest absolute Gasteiger partial charge is 0.352 e. The van der Waals surface area contributed by atoms with Crippen LogP contribution < -0.4 is 10.0 Å². The van der Waals surface area contributed by atoms with Crippen LogP contribution >= 0.6 is 0 Å². The van der Waals surface area contributed by atoms with Gasteiger partial charge in [0.05, 0.1) is 17.7 Å². The Balaban J connectivity index is 1.89. The summed E-state index contributed by atoms with van der Waals surface area (Å²) in [6, 6.07) is 11.2. The molecule has 158 valence electrons. The monoisotopic (exact) mass is 428 g/mol. The van der Waals surface area contributed by atoms with E-state index >= 15 is 0 Å². The van der Waals surface area contributed by atoms with Crippen LogP contribution in [0.3, 0.4) is 0 Å². The molecule has 1 amide bonds. The van der Waals surface area contributed by atoms with Crippen molar-refractivity contribution >= 4 is 15.9 Å². The number of carbonyl (C=O) groups is 1. The van der Waals surface area contributed by atoms with Crippen LogP contribution in [0.4, 0.5) is 13.2 Å². The number of carbonyl (C=O) groups excluding carboxylic acids is 1. The van der Waals surface area contributed by atoms with Crippen LogP contribution in [0.15, 0.2) is 48.5 Å². The third kappa shape index (κ3) is 7.86. The zero-order valence-corrected chi connectivity index (χ0v) is 16.9. The lowest BCUT2D eigenvalue weighted by molar-refractivity contribution is -0.137. The Morgan fingerprint density at radius 1 is 1.00 bits per heavy atom. The highest BCUT2D eigenvalue weighted by Gasteiger charge is 2.30. The molecule has 2 rings (SSSR count). The first-order valence-corrected chi connectivity index (χ1v) is 10.6. The first-order chi connectivity index (χ1) is 13.4. The van der Waals surface area contributed by atoms with E-state index in [1.54, 1.807) is 38.1 Å². The minimum Gasteiger partial charge on any atom is -0.352 e. The molecule has 0 fully saturated rings. The summed E-state index contributed by atoms with van der Waals surface area (Å²) in [7, 11) is -3.42. The minimum absolute atomic E-state index is 0.145. The molecular weight excluding hydrogens is 405 g/mol. The number of amides is 1. The number of nitrogens with one attached hydrogen (secondary N) is 2. The van der Waals surface area contributed by atoms with Crippen molar-refractivity contribution in [2.45, 2.75) is 44.8 Å². The molecule has 0 aliphatic rings. The Hall–Kier alpha value is -2.39. The third-order valence-corrected chi connectivity index (χ3v) is 5.45. The first kappa shape index (κ1) is 22.9. The van der Waals surface area contributed by atoms with E-state index in [1.165, 1.54) is 12.1 Å². The molecule has 0 heterocycles. The molecule has 0 bridgehead atoms. The van der Waals surface area contributed by atoms with E-state index in [-0.39, 0.29) is 30.3 Å². The third-order valence-electron chi connectivity index (χ3n) is 3.90. The maximum Gasteiger partial charge on any atom is 0.416 e. The standard InChI is InChI=1S/C20H23F3N2O3S/c1-14(2)25-29(27,28)13-16-8-6-15(7-9-16)12-24-19(26)11-17-4-3-5-18(10-17)20(21,22)23/h3-10,14,25H,11-13H2,1-2H3,(H,24,26). The number of halogens is 3. The second kappa shape index (κ2) is 9.41. The first-order valence-electron chi connectivity index (χ1n) is 8.95. The summed E-state index contributed by atoms with van der Waals surface area (Å²) >= 11 is 0. The van der Waals surface area contributed by atoms with Crippen molar-refractivity contribution in [3.8, 4) is 0 Å². The average molecular weight is 428 g/mol. The molecular formula is C20H23F3N2O3S. The van der Waals surface area contributed by atoms with Crippen molar-refractivity contribution in [2.75, 3.05) is 0 Å². The van der Waals surface area contributed by atoms with Crippen LogP contribution in [-0.2, 0) is 39.7 Å². The van der Waals surface area contributed by atoms with E-state index in [1.807, 2.05) is 0 Å². The maximum absolute atomic E-state index is 12.7. The number of alkyl halides is 3. The van der Waals surface area contributed by atoms with Gasteiger partial charge in [-0.25, -0.2) is 13.1 Å². The lowest BCUT2D eigenvalue weighted by atomic mass is 10.1. The molecule has 0 saturated carbocycles. The average Bonchev–Trinajstić information content (AvgIpc) is 2.59. The van der Waals surface area contributed by atoms with E-state index in [0.717, 1.165) is 17.7 Å². The number of sulfonamides is 1. The van der Waals surface area contributed by atoms with Crippen molar-refractivity contribution < 1.29 is 26.4 Å². The van der Waals surface area contributed by atoms with Gasteiger partial charge in [0.2, 0.25) is 15.9 Å². The lowest BCUT2D eigenvalue weighted by Gasteiger charge is -2.11. The Labute approximate surface area is 168 Å². The molecule has 0 saturated heterocycles. The minimum atomic E-state index is -4.45. The summed E-state index contributed by atoms with van der Waals surface area (Å²) in [4.78, 5) is 12.0. The van der Waals surface area contributed by atoms with Crippen LogP contribution in [0.5, 0.6) is 0 Å². The molecule has 29 heavy (non-hydrogen) atoms. The second-order valence-electron chi connectivity index (χ2n) is 7.00. The van der Waals surface area contributed by atoms with Gasteiger partial charge in [-0.1, -0.05) is 42.5 Å². The molecule has 2 aromatic rings. The fraction of sp³-hybridized carbons (Fsp3) is 0.350. The van der Waals surface area contributed by atoms with E-state index in [0.29, 0.717) is 5.56 Å². The number of hydrogen-bond acceptors (Lipinski definition) is 3. The zero-order valence-electron chi connectivity index (χ0n) is 16.1. The summed E-state index contributed by atoms with van der Waals surface area (Å²) in [5, 5.41) is 2.65. The second-order valence-corrected chi connectivity index (χ2v) is 8.75. The highest BCUT2D eigenvalue weighted by Crippen LogP contribution is 2.29. The van der Waals surface area contributed by atoms with Gasteiger partial charge in [-0.3, -0.25) is 4.79 Å². The summed E-state index contributed by atoms with van der Waals surface area (Å²) < 4.78 is 64.6. The van der Waals surface area contributed by atoms with Gasteiger partial charge >= 0.3 is 6.18 Å². The lowest BCUT2D eigenvalue weighted by Crippen LogP contribution is -2.31. The summed E-state index contributed by atoms with van der Waals surface area (Å²) in [5.41, 5.74) is 0.841. The Morgan fingerprint density at radius 2 is 1.62 bits per heavy atom. The molecule has 0 atom stereocenters. The highest BCUT2D eigenvalue weighted by atomic mass is 32.2. The molecule has 0 aliphatic heterocycles. The fourth-order valence-corrected chi connectivity index (χ4v) is 4.11. The molecule has 5 nitrogen and oxygen atoms in total. The van der Waals surface area contributed by atoms with Crippen molar-refractivity contribution in [2.24, 2.45) is 0 Å². The van der Waals surface area contributed by atoms with E-state index < -0.39 is 27.7 Å². The fourth-order valence-electron chi connectivity index (χ4n) is 2.68. The van der Waals surface area contributed by atoms with Gasteiger partial charge < -0.3 is 5.32 Å². The zero-order chi connectivity index (χ0) is 21.7. The number of benzene rings is 2. The van der Waals surface area contributed by atoms with Crippen LogP contribution in [0.1, 0.15) is 36.1 Å². The normalized spacial score (nSPS) is 12.2. The van der Waals surface area contributed by atoms with Gasteiger partial charge in [-0.05, 0) is 36.6 Å². The molecule has 0 aliphatic carbocycles. The molecule has 0 spiro atoms. The van der Waals surface area contributed by atoms with E-state index in [9.17, 15) is 26.4 Å². The molecule has 2 N–H and O–H groups in total. The molecule has 9 heteroatoms.